The van der Waals surface area contributed by atoms with Crippen LogP contribution in [0.5, 0.6) is 5.75 Å². The maximum absolute atomic E-state index is 8.88. The number of hydrogen-bond acceptors (Lipinski definition) is 3. The first kappa shape index (κ1) is 15.7. The van der Waals surface area contributed by atoms with Crippen molar-refractivity contribution in [1.82, 2.24) is 0 Å². The molecule has 0 fully saturated rings. The van der Waals surface area contributed by atoms with E-state index in [-0.39, 0.29) is 0 Å². The van der Waals surface area contributed by atoms with Crippen LogP contribution in [0.3, 0.4) is 0 Å². The van der Waals surface area contributed by atoms with E-state index in [2.05, 4.69) is 5.16 Å². The van der Waals surface area contributed by atoms with Crippen LogP contribution in [0.15, 0.2) is 47.6 Å². The van der Waals surface area contributed by atoms with Gasteiger partial charge in [-0.25, -0.2) is 0 Å². The summed E-state index contributed by atoms with van der Waals surface area (Å²) in [6.45, 7) is 2.30. The Morgan fingerprint density at radius 1 is 1.14 bits per heavy atom. The van der Waals surface area contributed by atoms with Gasteiger partial charge in [-0.1, -0.05) is 41.3 Å². The van der Waals surface area contributed by atoms with Gasteiger partial charge in [0.15, 0.2) is 0 Å². The lowest BCUT2D eigenvalue weighted by Gasteiger charge is -2.09. The summed E-state index contributed by atoms with van der Waals surface area (Å²) in [6.07, 6.45) is 0.664. The van der Waals surface area contributed by atoms with Crippen LogP contribution in [0.4, 0.5) is 0 Å². The number of ether oxygens (including phenoxy) is 1. The zero-order valence-corrected chi connectivity index (χ0v) is 13.0. The van der Waals surface area contributed by atoms with Crippen molar-refractivity contribution in [2.75, 3.05) is 0 Å². The minimum atomic E-state index is 0.365. The summed E-state index contributed by atoms with van der Waals surface area (Å²) in [4.78, 5) is 0. The molecular formula is C16H15Cl2NO2. The van der Waals surface area contributed by atoms with Gasteiger partial charge in [-0.2, -0.15) is 0 Å². The number of benzene rings is 2. The normalized spacial score (nSPS) is 11.5. The number of oxime groups is 1. The van der Waals surface area contributed by atoms with Gasteiger partial charge in [0.1, 0.15) is 12.4 Å². The first-order chi connectivity index (χ1) is 10.1. The van der Waals surface area contributed by atoms with Crippen molar-refractivity contribution in [1.29, 1.82) is 0 Å². The highest BCUT2D eigenvalue weighted by molar-refractivity contribution is 6.35. The van der Waals surface area contributed by atoms with E-state index >= 15 is 0 Å². The van der Waals surface area contributed by atoms with Crippen LogP contribution in [0.2, 0.25) is 10.0 Å². The van der Waals surface area contributed by atoms with Crippen LogP contribution in [0.25, 0.3) is 0 Å². The molecule has 0 atom stereocenters. The maximum Gasteiger partial charge on any atom is 0.119 e. The van der Waals surface area contributed by atoms with Gasteiger partial charge in [0, 0.05) is 15.6 Å². The monoisotopic (exact) mass is 323 g/mol. The Kier molecular flexibility index (Phi) is 5.48. The van der Waals surface area contributed by atoms with E-state index < -0.39 is 0 Å². The Morgan fingerprint density at radius 3 is 2.43 bits per heavy atom. The molecule has 1 N–H and O–H groups in total. The van der Waals surface area contributed by atoms with Gasteiger partial charge in [-0.3, -0.25) is 0 Å². The van der Waals surface area contributed by atoms with E-state index in [1.54, 1.807) is 12.1 Å². The third-order valence-corrected chi connectivity index (χ3v) is 3.64. The molecule has 0 aromatic heterocycles. The summed E-state index contributed by atoms with van der Waals surface area (Å²) in [5.41, 5.74) is 2.38. The van der Waals surface area contributed by atoms with Crippen LogP contribution in [-0.2, 0) is 6.61 Å². The Bertz CT molecular complexity index is 639. The van der Waals surface area contributed by atoms with Gasteiger partial charge < -0.3 is 9.94 Å². The molecule has 0 aliphatic carbocycles. The molecule has 0 unspecified atom stereocenters. The Morgan fingerprint density at radius 2 is 1.86 bits per heavy atom. The molecule has 2 aromatic rings. The molecule has 0 spiro atoms. The third-order valence-electron chi connectivity index (χ3n) is 3.05. The van der Waals surface area contributed by atoms with Crippen LogP contribution >= 0.6 is 23.2 Å². The van der Waals surface area contributed by atoms with Crippen molar-refractivity contribution < 1.29 is 9.94 Å². The van der Waals surface area contributed by atoms with Crippen molar-refractivity contribution in [2.45, 2.75) is 20.0 Å². The predicted molar refractivity (Wildman–Crippen MR) is 85.9 cm³/mol. The van der Waals surface area contributed by atoms with Crippen molar-refractivity contribution in [2.24, 2.45) is 5.16 Å². The zero-order chi connectivity index (χ0) is 15.2. The number of nitrogens with zero attached hydrogens (tertiary/aromatic N) is 1. The average Bonchev–Trinajstić information content (AvgIpc) is 2.49. The molecule has 5 heteroatoms. The van der Waals surface area contributed by atoms with Crippen molar-refractivity contribution in [3.05, 3.63) is 63.6 Å². The lowest BCUT2D eigenvalue weighted by molar-refractivity contribution is 0.306. The van der Waals surface area contributed by atoms with E-state index in [4.69, 9.17) is 33.1 Å². The highest BCUT2D eigenvalue weighted by atomic mass is 35.5. The summed E-state index contributed by atoms with van der Waals surface area (Å²) in [5.74, 6) is 0.721. The molecule has 21 heavy (non-hydrogen) atoms. The summed E-state index contributed by atoms with van der Waals surface area (Å²) >= 11 is 11.9. The van der Waals surface area contributed by atoms with Gasteiger partial charge in [0.25, 0.3) is 0 Å². The highest BCUT2D eigenvalue weighted by Crippen LogP contribution is 2.23. The molecule has 2 aromatic carbocycles. The van der Waals surface area contributed by atoms with Gasteiger partial charge in [0.05, 0.1) is 5.71 Å². The van der Waals surface area contributed by atoms with Gasteiger partial charge in [-0.15, -0.1) is 0 Å². The van der Waals surface area contributed by atoms with Crippen LogP contribution in [-0.4, -0.2) is 10.9 Å². The Labute approximate surface area is 133 Å². The third kappa shape index (κ3) is 4.13. The second kappa shape index (κ2) is 7.34. The second-order valence-electron chi connectivity index (χ2n) is 4.45. The maximum atomic E-state index is 8.88. The van der Waals surface area contributed by atoms with Gasteiger partial charge >= 0.3 is 0 Å². The SMILES string of the molecule is CC/C(=N\O)c1ccc(OCc2ccc(Cl)cc2Cl)cc1. The van der Waals surface area contributed by atoms with Crippen LogP contribution in [0.1, 0.15) is 24.5 Å². The first-order valence-electron chi connectivity index (χ1n) is 6.52. The molecule has 0 saturated heterocycles. The summed E-state index contributed by atoms with van der Waals surface area (Å²) in [5, 5.41) is 13.3. The van der Waals surface area contributed by atoms with Crippen molar-refractivity contribution in [3.63, 3.8) is 0 Å². The Hall–Kier alpha value is -1.71. The number of hydrogen-bond donors (Lipinski definition) is 1. The summed E-state index contributed by atoms with van der Waals surface area (Å²) in [7, 11) is 0. The van der Waals surface area contributed by atoms with Crippen molar-refractivity contribution >= 4 is 28.9 Å². The molecule has 0 saturated carbocycles. The Balaban J connectivity index is 2.04. The van der Waals surface area contributed by atoms with E-state index in [1.807, 2.05) is 37.3 Å². The summed E-state index contributed by atoms with van der Waals surface area (Å²) < 4.78 is 5.68. The van der Waals surface area contributed by atoms with E-state index in [0.29, 0.717) is 28.8 Å². The largest absolute Gasteiger partial charge is 0.489 e. The lowest BCUT2D eigenvalue weighted by atomic mass is 10.1. The van der Waals surface area contributed by atoms with E-state index in [1.165, 1.54) is 0 Å². The molecule has 0 heterocycles. The fourth-order valence-electron chi connectivity index (χ4n) is 1.88. The fourth-order valence-corrected chi connectivity index (χ4v) is 2.34. The lowest BCUT2D eigenvalue weighted by Crippen LogP contribution is -2.00. The average molecular weight is 324 g/mol. The molecule has 0 aliphatic heterocycles. The van der Waals surface area contributed by atoms with E-state index in [9.17, 15) is 0 Å². The molecule has 0 bridgehead atoms. The molecular weight excluding hydrogens is 309 g/mol. The van der Waals surface area contributed by atoms with Crippen LogP contribution in [0, 0.1) is 0 Å². The number of halogens is 2. The van der Waals surface area contributed by atoms with Crippen LogP contribution < -0.4 is 4.74 Å². The highest BCUT2D eigenvalue weighted by Gasteiger charge is 2.04. The second-order valence-corrected chi connectivity index (χ2v) is 5.29. The molecule has 0 aliphatic rings. The fraction of sp³-hybridized carbons (Fsp3) is 0.188. The topological polar surface area (TPSA) is 41.8 Å². The quantitative estimate of drug-likeness (QED) is 0.469. The van der Waals surface area contributed by atoms with E-state index in [0.717, 1.165) is 16.9 Å². The zero-order valence-electron chi connectivity index (χ0n) is 11.5. The first-order valence-corrected chi connectivity index (χ1v) is 7.27. The van der Waals surface area contributed by atoms with Crippen molar-refractivity contribution in [3.8, 4) is 5.75 Å². The minimum Gasteiger partial charge on any atom is -0.489 e. The van der Waals surface area contributed by atoms with Gasteiger partial charge in [-0.05, 0) is 48.4 Å². The molecule has 0 amide bonds. The molecule has 0 radical (unpaired) electrons. The molecule has 3 nitrogen and oxygen atoms in total. The van der Waals surface area contributed by atoms with Gasteiger partial charge in [0.2, 0.25) is 0 Å². The molecule has 110 valence electrons. The molecule has 2 rings (SSSR count). The summed E-state index contributed by atoms with van der Waals surface area (Å²) in [6, 6.07) is 12.7. The minimum absolute atomic E-state index is 0.365. The smallest absolute Gasteiger partial charge is 0.119 e. The standard InChI is InChI=1S/C16H15Cl2NO2/c1-2-16(19-20)11-4-7-14(8-5-11)21-10-12-3-6-13(17)9-15(12)18/h3-9,20H,2,10H2,1H3/b19-16+. The predicted octanol–water partition coefficient (Wildman–Crippen LogP) is 5.16. The number of rotatable bonds is 5.